The highest BCUT2D eigenvalue weighted by atomic mass is 16.2. The van der Waals surface area contributed by atoms with Gasteiger partial charge in [0.2, 0.25) is 5.91 Å². The van der Waals surface area contributed by atoms with Crippen molar-refractivity contribution >= 4 is 5.91 Å². The van der Waals surface area contributed by atoms with Crippen LogP contribution in [0.2, 0.25) is 0 Å². The minimum absolute atomic E-state index is 0.0307. The van der Waals surface area contributed by atoms with Crippen LogP contribution < -0.4 is 10.6 Å². The average molecular weight is 262 g/mol. The maximum absolute atomic E-state index is 11.7. The van der Waals surface area contributed by atoms with Gasteiger partial charge in [0.05, 0.1) is 6.54 Å². The second-order valence-corrected chi connectivity index (χ2v) is 6.24. The molecule has 0 aromatic heterocycles. The molecule has 1 aromatic carbocycles. The summed E-state index contributed by atoms with van der Waals surface area (Å²) in [5, 5.41) is 6.20. The largest absolute Gasteiger partial charge is 0.350 e. The molecular weight excluding hydrogens is 236 g/mol. The van der Waals surface area contributed by atoms with Gasteiger partial charge < -0.3 is 10.6 Å². The van der Waals surface area contributed by atoms with E-state index in [-0.39, 0.29) is 17.5 Å². The molecule has 0 fully saturated rings. The zero-order valence-corrected chi connectivity index (χ0v) is 12.9. The third-order valence-corrected chi connectivity index (χ3v) is 3.11. The summed E-state index contributed by atoms with van der Waals surface area (Å²) in [4.78, 5) is 11.7. The van der Waals surface area contributed by atoms with E-state index in [0.717, 1.165) is 0 Å². The smallest absolute Gasteiger partial charge is 0.234 e. The summed E-state index contributed by atoms with van der Waals surface area (Å²) in [6.07, 6.45) is 0. The van der Waals surface area contributed by atoms with Crippen LogP contribution in [0.1, 0.15) is 50.4 Å². The predicted octanol–water partition coefficient (Wildman–Crippen LogP) is 2.87. The zero-order valence-electron chi connectivity index (χ0n) is 12.9. The third-order valence-electron chi connectivity index (χ3n) is 3.11. The van der Waals surface area contributed by atoms with Crippen LogP contribution in [-0.2, 0) is 4.79 Å². The highest BCUT2D eigenvalue weighted by molar-refractivity contribution is 5.78. The molecule has 1 rings (SSSR count). The van der Waals surface area contributed by atoms with Crippen LogP contribution in [-0.4, -0.2) is 18.0 Å². The quantitative estimate of drug-likeness (QED) is 0.876. The van der Waals surface area contributed by atoms with Gasteiger partial charge in [0.1, 0.15) is 0 Å². The number of hydrogen-bond acceptors (Lipinski definition) is 2. The number of nitrogens with one attached hydrogen (secondary N) is 2. The first-order chi connectivity index (χ1) is 8.69. The Balaban J connectivity index is 2.53. The van der Waals surface area contributed by atoms with Crippen LogP contribution in [0.15, 0.2) is 18.2 Å². The number of carbonyl (C=O) groups excluding carboxylic acids is 1. The summed E-state index contributed by atoms with van der Waals surface area (Å²) in [7, 11) is 0. The van der Waals surface area contributed by atoms with E-state index in [1.807, 2.05) is 20.8 Å². The van der Waals surface area contributed by atoms with Crippen LogP contribution in [0.5, 0.6) is 0 Å². The standard InChI is InChI=1S/C16H26N2O/c1-11-7-8-14(9-12(11)2)13(3)17-10-15(19)18-16(4,5)6/h7-9,13,17H,10H2,1-6H3,(H,18,19). The molecule has 0 spiro atoms. The lowest BCUT2D eigenvalue weighted by atomic mass is 10.0. The molecule has 1 amide bonds. The van der Waals surface area contributed by atoms with Crippen molar-refractivity contribution in [3.8, 4) is 0 Å². The van der Waals surface area contributed by atoms with Crippen LogP contribution >= 0.6 is 0 Å². The van der Waals surface area contributed by atoms with Gasteiger partial charge in [0.25, 0.3) is 0 Å². The summed E-state index contributed by atoms with van der Waals surface area (Å²) >= 11 is 0. The molecule has 1 aromatic rings. The minimum atomic E-state index is -0.178. The van der Waals surface area contributed by atoms with Gasteiger partial charge in [-0.2, -0.15) is 0 Å². The van der Waals surface area contributed by atoms with Gasteiger partial charge in [0.15, 0.2) is 0 Å². The van der Waals surface area contributed by atoms with Crippen LogP contribution in [0.25, 0.3) is 0 Å². The van der Waals surface area contributed by atoms with Crippen molar-refractivity contribution in [1.82, 2.24) is 10.6 Å². The lowest BCUT2D eigenvalue weighted by Gasteiger charge is -2.22. The van der Waals surface area contributed by atoms with Crippen molar-refractivity contribution in [3.05, 3.63) is 34.9 Å². The minimum Gasteiger partial charge on any atom is -0.350 e. The number of hydrogen-bond donors (Lipinski definition) is 2. The number of carbonyl (C=O) groups is 1. The Hall–Kier alpha value is -1.35. The fraction of sp³-hybridized carbons (Fsp3) is 0.562. The van der Waals surface area contributed by atoms with Crippen molar-refractivity contribution in [2.45, 2.75) is 53.1 Å². The Kier molecular flexibility index (Phi) is 5.12. The molecule has 0 aliphatic carbocycles. The number of amides is 1. The fourth-order valence-corrected chi connectivity index (χ4v) is 1.86. The lowest BCUT2D eigenvalue weighted by Crippen LogP contribution is -2.45. The summed E-state index contributed by atoms with van der Waals surface area (Å²) in [6.45, 7) is 12.6. The molecule has 0 radical (unpaired) electrons. The van der Waals surface area contributed by atoms with E-state index in [1.54, 1.807) is 0 Å². The maximum atomic E-state index is 11.7. The highest BCUT2D eigenvalue weighted by Gasteiger charge is 2.14. The maximum Gasteiger partial charge on any atom is 0.234 e. The molecule has 2 N–H and O–H groups in total. The Morgan fingerprint density at radius 3 is 2.37 bits per heavy atom. The summed E-state index contributed by atoms with van der Waals surface area (Å²) in [6, 6.07) is 6.58. The Morgan fingerprint density at radius 2 is 1.84 bits per heavy atom. The fourth-order valence-electron chi connectivity index (χ4n) is 1.86. The Bertz CT molecular complexity index is 447. The van der Waals surface area contributed by atoms with Crippen LogP contribution in [0.4, 0.5) is 0 Å². The first-order valence-corrected chi connectivity index (χ1v) is 6.80. The number of benzene rings is 1. The molecule has 106 valence electrons. The van der Waals surface area contributed by atoms with E-state index in [9.17, 15) is 4.79 Å². The van der Waals surface area contributed by atoms with E-state index in [1.165, 1.54) is 16.7 Å². The van der Waals surface area contributed by atoms with Crippen molar-refractivity contribution in [2.75, 3.05) is 6.54 Å². The normalized spacial score (nSPS) is 13.2. The van der Waals surface area contributed by atoms with E-state index in [0.29, 0.717) is 6.54 Å². The van der Waals surface area contributed by atoms with Gasteiger partial charge in [-0.15, -0.1) is 0 Å². The number of aryl methyl sites for hydroxylation is 2. The molecular formula is C16H26N2O. The molecule has 3 nitrogen and oxygen atoms in total. The van der Waals surface area contributed by atoms with Crippen molar-refractivity contribution in [1.29, 1.82) is 0 Å². The molecule has 3 heteroatoms. The second kappa shape index (κ2) is 6.20. The first-order valence-electron chi connectivity index (χ1n) is 6.80. The van der Waals surface area contributed by atoms with Gasteiger partial charge in [-0.3, -0.25) is 4.79 Å². The van der Waals surface area contributed by atoms with Crippen molar-refractivity contribution in [3.63, 3.8) is 0 Å². The first kappa shape index (κ1) is 15.7. The number of rotatable bonds is 4. The summed E-state index contributed by atoms with van der Waals surface area (Å²) in [5.41, 5.74) is 3.61. The molecule has 0 saturated carbocycles. The molecule has 0 aliphatic heterocycles. The van der Waals surface area contributed by atoms with Crippen LogP contribution in [0.3, 0.4) is 0 Å². The van der Waals surface area contributed by atoms with Gasteiger partial charge in [-0.1, -0.05) is 18.2 Å². The third kappa shape index (κ3) is 5.43. The topological polar surface area (TPSA) is 41.1 Å². The van der Waals surface area contributed by atoms with E-state index in [2.05, 4.69) is 49.6 Å². The monoisotopic (exact) mass is 262 g/mol. The average Bonchev–Trinajstić information content (AvgIpc) is 2.27. The highest BCUT2D eigenvalue weighted by Crippen LogP contribution is 2.16. The molecule has 1 atom stereocenters. The predicted molar refractivity (Wildman–Crippen MR) is 80.2 cm³/mol. The molecule has 0 heterocycles. The van der Waals surface area contributed by atoms with Crippen LogP contribution in [0, 0.1) is 13.8 Å². The second-order valence-electron chi connectivity index (χ2n) is 6.24. The van der Waals surface area contributed by atoms with Gasteiger partial charge in [-0.05, 0) is 58.2 Å². The van der Waals surface area contributed by atoms with E-state index in [4.69, 9.17) is 0 Å². The van der Waals surface area contributed by atoms with Gasteiger partial charge in [-0.25, -0.2) is 0 Å². The molecule has 0 bridgehead atoms. The Labute approximate surface area is 116 Å². The zero-order chi connectivity index (χ0) is 14.6. The lowest BCUT2D eigenvalue weighted by molar-refractivity contribution is -0.121. The Morgan fingerprint density at radius 1 is 1.21 bits per heavy atom. The molecule has 0 saturated heterocycles. The molecule has 0 aliphatic rings. The van der Waals surface area contributed by atoms with Crippen molar-refractivity contribution in [2.24, 2.45) is 0 Å². The molecule has 19 heavy (non-hydrogen) atoms. The SMILES string of the molecule is Cc1ccc(C(C)NCC(=O)NC(C)(C)C)cc1C. The van der Waals surface area contributed by atoms with Gasteiger partial charge in [0, 0.05) is 11.6 Å². The summed E-state index contributed by atoms with van der Waals surface area (Å²) in [5.74, 6) is 0.0307. The van der Waals surface area contributed by atoms with Gasteiger partial charge >= 0.3 is 0 Å². The van der Waals surface area contributed by atoms with Crippen molar-refractivity contribution < 1.29 is 4.79 Å². The summed E-state index contributed by atoms with van der Waals surface area (Å²) < 4.78 is 0. The van der Waals surface area contributed by atoms with E-state index < -0.39 is 0 Å². The van der Waals surface area contributed by atoms with E-state index >= 15 is 0 Å². The molecule has 1 unspecified atom stereocenters.